The molecule has 2 unspecified atom stereocenters. The number of Topliss-reactive ketones (excluding diaryl/α,β-unsaturated/α-hetero) is 1. The SMILES string of the molecule is Cc1cc2[nH]c(C34CCC(CC3=O)C4(C)C)nc2cc1F. The van der Waals surface area contributed by atoms with Gasteiger partial charge in [-0.25, -0.2) is 9.37 Å². The molecule has 0 aliphatic heterocycles. The Bertz CT molecular complexity index is 737. The molecule has 2 bridgehead atoms. The first kappa shape index (κ1) is 13.0. The van der Waals surface area contributed by atoms with Crippen molar-refractivity contribution in [3.63, 3.8) is 0 Å². The van der Waals surface area contributed by atoms with Gasteiger partial charge in [0.25, 0.3) is 0 Å². The first-order valence-electron chi connectivity index (χ1n) is 7.56. The van der Waals surface area contributed by atoms with Crippen molar-refractivity contribution >= 4 is 16.8 Å². The van der Waals surface area contributed by atoms with Crippen LogP contribution in [0.1, 0.15) is 44.5 Å². The maximum atomic E-state index is 13.7. The lowest BCUT2D eigenvalue weighted by molar-refractivity contribution is -0.124. The number of carbonyl (C=O) groups excluding carboxylic acids is 1. The first-order chi connectivity index (χ1) is 9.86. The van der Waals surface area contributed by atoms with Crippen molar-refractivity contribution in [2.45, 2.75) is 45.4 Å². The minimum absolute atomic E-state index is 0.0778. The van der Waals surface area contributed by atoms with E-state index in [1.54, 1.807) is 13.0 Å². The highest BCUT2D eigenvalue weighted by Crippen LogP contribution is 2.64. The number of aryl methyl sites for hydroxylation is 1. The van der Waals surface area contributed by atoms with Crippen LogP contribution in [0.15, 0.2) is 12.1 Å². The van der Waals surface area contributed by atoms with Crippen molar-refractivity contribution in [1.29, 1.82) is 0 Å². The number of benzene rings is 1. The van der Waals surface area contributed by atoms with E-state index < -0.39 is 5.41 Å². The van der Waals surface area contributed by atoms with Gasteiger partial charge in [0.1, 0.15) is 17.4 Å². The van der Waals surface area contributed by atoms with Crippen molar-refractivity contribution in [3.8, 4) is 0 Å². The molecule has 2 aliphatic rings. The summed E-state index contributed by atoms with van der Waals surface area (Å²) in [5.41, 5.74) is 1.43. The molecule has 21 heavy (non-hydrogen) atoms. The van der Waals surface area contributed by atoms with Crippen LogP contribution < -0.4 is 0 Å². The minimum Gasteiger partial charge on any atom is -0.341 e. The van der Waals surface area contributed by atoms with Gasteiger partial charge in [-0.05, 0) is 42.7 Å². The zero-order valence-corrected chi connectivity index (χ0v) is 12.6. The summed E-state index contributed by atoms with van der Waals surface area (Å²) in [4.78, 5) is 20.6. The standard InChI is InChI=1S/C17H19FN2O/c1-9-6-12-13(8-11(9)18)20-15(19-12)17-5-4-10(7-14(17)21)16(17,2)3/h6,8,10H,4-5,7H2,1-3H3,(H,19,20). The van der Waals surface area contributed by atoms with Crippen molar-refractivity contribution in [1.82, 2.24) is 9.97 Å². The number of aromatic amines is 1. The normalized spacial score (nSPS) is 30.5. The fourth-order valence-electron chi connectivity index (χ4n) is 4.57. The van der Waals surface area contributed by atoms with Crippen LogP contribution in [0.5, 0.6) is 0 Å². The number of nitrogens with zero attached hydrogens (tertiary/aromatic N) is 1. The number of fused-ring (bicyclic) bond motifs is 3. The fourth-order valence-corrected chi connectivity index (χ4v) is 4.57. The number of ketones is 1. The molecule has 0 amide bonds. The van der Waals surface area contributed by atoms with Gasteiger partial charge in [0.15, 0.2) is 0 Å². The number of hydrogen-bond donors (Lipinski definition) is 1. The predicted octanol–water partition coefficient (Wildman–Crippen LogP) is 3.66. The summed E-state index contributed by atoms with van der Waals surface area (Å²) in [5.74, 6) is 1.22. The number of aromatic nitrogens is 2. The van der Waals surface area contributed by atoms with E-state index in [4.69, 9.17) is 0 Å². The number of rotatable bonds is 1. The molecule has 1 aromatic heterocycles. The highest BCUT2D eigenvalue weighted by Gasteiger charge is 2.66. The highest BCUT2D eigenvalue weighted by molar-refractivity contribution is 5.95. The lowest BCUT2D eigenvalue weighted by Gasteiger charge is -2.34. The van der Waals surface area contributed by atoms with Crippen LogP contribution in [0.4, 0.5) is 4.39 Å². The quantitative estimate of drug-likeness (QED) is 0.869. The van der Waals surface area contributed by atoms with Crippen LogP contribution >= 0.6 is 0 Å². The molecule has 1 aromatic carbocycles. The Hall–Kier alpha value is -1.71. The smallest absolute Gasteiger partial charge is 0.147 e. The van der Waals surface area contributed by atoms with Gasteiger partial charge < -0.3 is 4.98 Å². The second-order valence-electron chi connectivity index (χ2n) is 7.19. The fraction of sp³-hybridized carbons (Fsp3) is 0.529. The molecule has 1 N–H and O–H groups in total. The van der Waals surface area contributed by atoms with Crippen LogP contribution in [-0.4, -0.2) is 15.8 Å². The van der Waals surface area contributed by atoms with E-state index in [1.807, 2.05) is 0 Å². The lowest BCUT2D eigenvalue weighted by Crippen LogP contribution is -2.41. The summed E-state index contributed by atoms with van der Waals surface area (Å²) in [6.45, 7) is 6.09. The van der Waals surface area contributed by atoms with Gasteiger partial charge in [-0.3, -0.25) is 4.79 Å². The zero-order valence-electron chi connectivity index (χ0n) is 12.6. The summed E-state index contributed by atoms with van der Waals surface area (Å²) < 4.78 is 13.7. The third-order valence-corrected chi connectivity index (χ3v) is 6.06. The summed E-state index contributed by atoms with van der Waals surface area (Å²) in [7, 11) is 0. The van der Waals surface area contributed by atoms with Crippen molar-refractivity contribution in [3.05, 3.63) is 29.3 Å². The molecule has 2 fully saturated rings. The molecule has 0 spiro atoms. The van der Waals surface area contributed by atoms with Crippen LogP contribution in [0, 0.1) is 24.1 Å². The zero-order chi connectivity index (χ0) is 15.0. The van der Waals surface area contributed by atoms with E-state index in [-0.39, 0.29) is 11.2 Å². The van der Waals surface area contributed by atoms with Gasteiger partial charge in [-0.15, -0.1) is 0 Å². The first-order valence-corrected chi connectivity index (χ1v) is 7.56. The Morgan fingerprint density at radius 1 is 1.38 bits per heavy atom. The van der Waals surface area contributed by atoms with E-state index >= 15 is 0 Å². The Labute approximate surface area is 123 Å². The van der Waals surface area contributed by atoms with Gasteiger partial charge in [0.2, 0.25) is 0 Å². The average molecular weight is 286 g/mol. The molecule has 2 aliphatic carbocycles. The molecule has 4 rings (SSSR count). The molecule has 2 aromatic rings. The number of carbonyl (C=O) groups is 1. The van der Waals surface area contributed by atoms with E-state index in [9.17, 15) is 9.18 Å². The summed E-state index contributed by atoms with van der Waals surface area (Å²) in [6, 6.07) is 3.23. The van der Waals surface area contributed by atoms with Crippen LogP contribution in [-0.2, 0) is 10.2 Å². The molecular formula is C17H19FN2O. The lowest BCUT2D eigenvalue weighted by atomic mass is 9.68. The average Bonchev–Trinajstić information content (AvgIpc) is 2.97. The van der Waals surface area contributed by atoms with Gasteiger partial charge in [0, 0.05) is 12.5 Å². The largest absolute Gasteiger partial charge is 0.341 e. The highest BCUT2D eigenvalue weighted by atomic mass is 19.1. The van der Waals surface area contributed by atoms with E-state index in [1.165, 1.54) is 6.07 Å². The number of nitrogens with one attached hydrogen (secondary N) is 1. The molecule has 4 heteroatoms. The minimum atomic E-state index is -0.513. The van der Waals surface area contributed by atoms with Gasteiger partial charge in [-0.2, -0.15) is 0 Å². The topological polar surface area (TPSA) is 45.8 Å². The van der Waals surface area contributed by atoms with E-state index in [0.29, 0.717) is 29.2 Å². The number of imidazole rings is 1. The number of halogens is 1. The molecule has 0 saturated heterocycles. The Morgan fingerprint density at radius 2 is 2.14 bits per heavy atom. The molecular weight excluding hydrogens is 267 g/mol. The maximum absolute atomic E-state index is 13.7. The Balaban J connectivity index is 1.96. The monoisotopic (exact) mass is 286 g/mol. The Kier molecular flexibility index (Phi) is 2.31. The molecule has 110 valence electrons. The van der Waals surface area contributed by atoms with Gasteiger partial charge in [0.05, 0.1) is 16.4 Å². The summed E-state index contributed by atoms with van der Waals surface area (Å²) >= 11 is 0. The third kappa shape index (κ3) is 1.38. The van der Waals surface area contributed by atoms with E-state index in [2.05, 4.69) is 23.8 Å². The second kappa shape index (κ2) is 3.73. The number of hydrogen-bond acceptors (Lipinski definition) is 2. The molecule has 0 radical (unpaired) electrons. The van der Waals surface area contributed by atoms with Gasteiger partial charge >= 0.3 is 0 Å². The molecule has 2 saturated carbocycles. The maximum Gasteiger partial charge on any atom is 0.147 e. The van der Waals surface area contributed by atoms with Crippen LogP contribution in [0.25, 0.3) is 11.0 Å². The van der Waals surface area contributed by atoms with Crippen molar-refractivity contribution < 1.29 is 9.18 Å². The van der Waals surface area contributed by atoms with E-state index in [0.717, 1.165) is 24.2 Å². The summed E-state index contributed by atoms with van der Waals surface area (Å²) in [6.07, 6.45) is 2.57. The third-order valence-electron chi connectivity index (χ3n) is 6.06. The van der Waals surface area contributed by atoms with Gasteiger partial charge in [-0.1, -0.05) is 13.8 Å². The van der Waals surface area contributed by atoms with Crippen molar-refractivity contribution in [2.75, 3.05) is 0 Å². The molecule has 2 atom stereocenters. The number of H-pyrrole nitrogens is 1. The molecule has 1 heterocycles. The summed E-state index contributed by atoms with van der Waals surface area (Å²) in [5, 5.41) is 0. The molecule has 3 nitrogen and oxygen atoms in total. The second-order valence-corrected chi connectivity index (χ2v) is 7.19. The predicted molar refractivity (Wildman–Crippen MR) is 78.6 cm³/mol. The van der Waals surface area contributed by atoms with Crippen molar-refractivity contribution in [2.24, 2.45) is 11.3 Å². The van der Waals surface area contributed by atoms with Crippen LogP contribution in [0.2, 0.25) is 0 Å². The van der Waals surface area contributed by atoms with Crippen LogP contribution in [0.3, 0.4) is 0 Å². The Morgan fingerprint density at radius 3 is 2.76 bits per heavy atom.